The quantitative estimate of drug-likeness (QED) is 0.693. The van der Waals surface area contributed by atoms with Crippen molar-refractivity contribution < 1.29 is 9.53 Å². The first-order valence-electron chi connectivity index (χ1n) is 4.49. The van der Waals surface area contributed by atoms with Gasteiger partial charge < -0.3 is 21.1 Å². The summed E-state index contributed by atoms with van der Waals surface area (Å²) in [6.07, 6.45) is 0.632. The maximum atomic E-state index is 10.3. The molecule has 1 aromatic rings. The average molecular weight is 290 g/mol. The highest BCUT2D eigenvalue weighted by atomic mass is 79.9. The highest BCUT2D eigenvalue weighted by Gasteiger charge is 2.06. The van der Waals surface area contributed by atoms with Crippen LogP contribution in [0.5, 0.6) is 0 Å². The van der Waals surface area contributed by atoms with Crippen molar-refractivity contribution in [3.05, 3.63) is 10.8 Å². The monoisotopic (exact) mass is 289 g/mol. The van der Waals surface area contributed by atoms with Gasteiger partial charge in [-0.05, 0) is 15.9 Å². The summed E-state index contributed by atoms with van der Waals surface area (Å²) in [5.41, 5.74) is 4.81. The number of hydrogen-bond acceptors (Lipinski definition) is 6. The van der Waals surface area contributed by atoms with Gasteiger partial charge in [-0.3, -0.25) is 0 Å². The SMILES string of the molecule is CNc1ncnc(NCCOC(N)=O)c1Br. The second kappa shape index (κ2) is 6.11. The number of carbonyl (C=O) groups is 1. The van der Waals surface area contributed by atoms with Gasteiger partial charge in [0, 0.05) is 7.05 Å². The number of hydrogen-bond donors (Lipinski definition) is 3. The van der Waals surface area contributed by atoms with E-state index in [0.717, 1.165) is 4.47 Å². The smallest absolute Gasteiger partial charge is 0.404 e. The predicted octanol–water partition coefficient (Wildman–Crippen LogP) is 0.788. The van der Waals surface area contributed by atoms with E-state index < -0.39 is 6.09 Å². The van der Waals surface area contributed by atoms with Crippen LogP contribution in [0.25, 0.3) is 0 Å². The molecule has 0 aliphatic heterocycles. The van der Waals surface area contributed by atoms with E-state index in [1.807, 2.05) is 0 Å². The number of nitrogens with one attached hydrogen (secondary N) is 2. The van der Waals surface area contributed by atoms with Gasteiger partial charge in [-0.1, -0.05) is 0 Å². The Morgan fingerprint density at radius 3 is 2.88 bits per heavy atom. The molecule has 0 atom stereocenters. The zero-order chi connectivity index (χ0) is 12.0. The molecule has 16 heavy (non-hydrogen) atoms. The normalized spacial score (nSPS) is 9.62. The summed E-state index contributed by atoms with van der Waals surface area (Å²) in [7, 11) is 1.76. The molecule has 0 fully saturated rings. The van der Waals surface area contributed by atoms with E-state index in [2.05, 4.69) is 41.3 Å². The molecule has 1 heterocycles. The topological polar surface area (TPSA) is 102 Å². The number of nitrogens with zero attached hydrogens (tertiary/aromatic N) is 2. The molecule has 0 aromatic carbocycles. The summed E-state index contributed by atoms with van der Waals surface area (Å²) in [5, 5.41) is 5.87. The zero-order valence-electron chi connectivity index (χ0n) is 8.66. The van der Waals surface area contributed by atoms with Crippen LogP contribution in [0.1, 0.15) is 0 Å². The van der Waals surface area contributed by atoms with Gasteiger partial charge in [0.1, 0.15) is 29.0 Å². The molecule has 7 nitrogen and oxygen atoms in total. The Morgan fingerprint density at radius 1 is 1.56 bits per heavy atom. The molecule has 1 rings (SSSR count). The molecule has 0 aliphatic carbocycles. The van der Waals surface area contributed by atoms with Crippen LogP contribution in [0.3, 0.4) is 0 Å². The van der Waals surface area contributed by atoms with Gasteiger partial charge in [0.2, 0.25) is 0 Å². The molecule has 0 saturated carbocycles. The van der Waals surface area contributed by atoms with Crippen molar-refractivity contribution >= 4 is 33.7 Å². The van der Waals surface area contributed by atoms with Crippen LogP contribution < -0.4 is 16.4 Å². The van der Waals surface area contributed by atoms with Crippen LogP contribution in [0.15, 0.2) is 10.8 Å². The van der Waals surface area contributed by atoms with Gasteiger partial charge in [-0.25, -0.2) is 14.8 Å². The lowest BCUT2D eigenvalue weighted by Gasteiger charge is -2.09. The molecule has 0 unspecified atom stereocenters. The van der Waals surface area contributed by atoms with Gasteiger partial charge in [0.25, 0.3) is 0 Å². The summed E-state index contributed by atoms with van der Waals surface area (Å²) in [6.45, 7) is 0.600. The fraction of sp³-hybridized carbons (Fsp3) is 0.375. The second-order valence-electron chi connectivity index (χ2n) is 2.73. The van der Waals surface area contributed by atoms with Crippen LogP contribution >= 0.6 is 15.9 Å². The van der Waals surface area contributed by atoms with E-state index in [1.54, 1.807) is 7.05 Å². The number of carbonyl (C=O) groups excluding carboxylic acids is 1. The van der Waals surface area contributed by atoms with Crippen LogP contribution in [0.2, 0.25) is 0 Å². The van der Waals surface area contributed by atoms with Crippen molar-refractivity contribution in [3.8, 4) is 0 Å². The van der Waals surface area contributed by atoms with E-state index >= 15 is 0 Å². The fourth-order valence-corrected chi connectivity index (χ4v) is 1.53. The first-order chi connectivity index (χ1) is 7.65. The van der Waals surface area contributed by atoms with E-state index in [4.69, 9.17) is 5.73 Å². The van der Waals surface area contributed by atoms with Crippen molar-refractivity contribution in [2.24, 2.45) is 5.73 Å². The first-order valence-corrected chi connectivity index (χ1v) is 5.28. The Bertz CT molecular complexity index is 373. The highest BCUT2D eigenvalue weighted by molar-refractivity contribution is 9.10. The molecule has 0 bridgehead atoms. The molecule has 0 spiro atoms. The number of nitrogens with two attached hydrogens (primary N) is 1. The first kappa shape index (κ1) is 12.5. The molecule has 0 aliphatic rings. The standard InChI is InChI=1S/C8H12BrN5O2/c1-11-6-5(9)7(14-4-13-6)12-2-3-16-8(10)15/h4H,2-3H2,1H3,(H2,10,15)(H2,11,12,13,14). The number of rotatable bonds is 5. The van der Waals surface area contributed by atoms with Crippen molar-refractivity contribution in [1.82, 2.24) is 9.97 Å². The average Bonchev–Trinajstić information content (AvgIpc) is 2.26. The Morgan fingerprint density at radius 2 is 2.25 bits per heavy atom. The van der Waals surface area contributed by atoms with Crippen molar-refractivity contribution in [2.75, 3.05) is 30.8 Å². The van der Waals surface area contributed by atoms with E-state index in [-0.39, 0.29) is 6.61 Å². The lowest BCUT2D eigenvalue weighted by molar-refractivity contribution is 0.161. The third-order valence-corrected chi connectivity index (χ3v) is 2.42. The van der Waals surface area contributed by atoms with E-state index in [0.29, 0.717) is 18.2 Å². The maximum Gasteiger partial charge on any atom is 0.404 e. The van der Waals surface area contributed by atoms with Gasteiger partial charge >= 0.3 is 6.09 Å². The maximum absolute atomic E-state index is 10.3. The van der Waals surface area contributed by atoms with Gasteiger partial charge in [-0.2, -0.15) is 0 Å². The number of anilines is 2. The van der Waals surface area contributed by atoms with Crippen LogP contribution in [-0.4, -0.2) is 36.3 Å². The number of halogens is 1. The minimum atomic E-state index is -0.792. The number of primary amides is 1. The summed E-state index contributed by atoms with van der Waals surface area (Å²) in [6, 6.07) is 0. The van der Waals surface area contributed by atoms with E-state index in [1.165, 1.54) is 6.33 Å². The number of amides is 1. The second-order valence-corrected chi connectivity index (χ2v) is 3.52. The molecular formula is C8H12BrN5O2. The zero-order valence-corrected chi connectivity index (χ0v) is 10.2. The third-order valence-electron chi connectivity index (χ3n) is 1.67. The number of aromatic nitrogens is 2. The summed E-state index contributed by atoms with van der Waals surface area (Å²) in [4.78, 5) is 18.3. The molecule has 4 N–H and O–H groups in total. The van der Waals surface area contributed by atoms with E-state index in [9.17, 15) is 4.79 Å². The minimum absolute atomic E-state index is 0.181. The predicted molar refractivity (Wildman–Crippen MR) is 63.3 cm³/mol. The highest BCUT2D eigenvalue weighted by Crippen LogP contribution is 2.25. The van der Waals surface area contributed by atoms with Crippen molar-refractivity contribution in [3.63, 3.8) is 0 Å². The molecule has 8 heteroatoms. The molecule has 1 aromatic heterocycles. The Labute approximate surface area is 101 Å². The molecule has 1 amide bonds. The largest absolute Gasteiger partial charge is 0.448 e. The summed E-state index contributed by atoms with van der Waals surface area (Å²) < 4.78 is 5.28. The van der Waals surface area contributed by atoms with Crippen molar-refractivity contribution in [2.45, 2.75) is 0 Å². The van der Waals surface area contributed by atoms with Gasteiger partial charge in [0.15, 0.2) is 0 Å². The van der Waals surface area contributed by atoms with Crippen molar-refractivity contribution in [1.29, 1.82) is 0 Å². The Balaban J connectivity index is 2.50. The van der Waals surface area contributed by atoms with Crippen LogP contribution in [0.4, 0.5) is 16.4 Å². The summed E-state index contributed by atoms with van der Waals surface area (Å²) in [5.74, 6) is 1.29. The molecule has 0 saturated heterocycles. The Kier molecular flexibility index (Phi) is 4.77. The Hall–Kier alpha value is -1.57. The summed E-state index contributed by atoms with van der Waals surface area (Å²) >= 11 is 3.34. The minimum Gasteiger partial charge on any atom is -0.448 e. The number of ether oxygens (including phenoxy) is 1. The van der Waals surface area contributed by atoms with Gasteiger partial charge in [0.05, 0.1) is 6.54 Å². The van der Waals surface area contributed by atoms with Crippen LogP contribution in [-0.2, 0) is 4.74 Å². The van der Waals surface area contributed by atoms with Crippen LogP contribution in [0, 0.1) is 0 Å². The molecule has 0 radical (unpaired) electrons. The molecule has 88 valence electrons. The fourth-order valence-electron chi connectivity index (χ4n) is 0.988. The third kappa shape index (κ3) is 3.54. The van der Waals surface area contributed by atoms with Gasteiger partial charge in [-0.15, -0.1) is 0 Å². The lowest BCUT2D eigenvalue weighted by atomic mass is 10.5. The molecular weight excluding hydrogens is 278 g/mol. The lowest BCUT2D eigenvalue weighted by Crippen LogP contribution is -2.19.